The van der Waals surface area contributed by atoms with Gasteiger partial charge >= 0.3 is 6.36 Å². The molecule has 138 valence electrons. The zero-order valence-electron chi connectivity index (χ0n) is 14.2. The molecule has 3 nitrogen and oxygen atoms in total. The highest BCUT2D eigenvalue weighted by Crippen LogP contribution is 2.25. The number of para-hydroxylation sites is 2. The highest BCUT2D eigenvalue weighted by atomic mass is 19.4. The predicted octanol–water partition coefficient (Wildman–Crippen LogP) is 6.00. The average Bonchev–Trinajstić information content (AvgIpc) is 2.63. The Morgan fingerprint density at radius 2 is 1.52 bits per heavy atom. The molecule has 0 bridgehead atoms. The number of benzene rings is 3. The van der Waals surface area contributed by atoms with Crippen molar-refractivity contribution in [2.24, 2.45) is 4.99 Å². The first-order valence-electron chi connectivity index (χ1n) is 8.16. The van der Waals surface area contributed by atoms with E-state index in [1.807, 2.05) is 54.6 Å². The van der Waals surface area contributed by atoms with Gasteiger partial charge in [-0.05, 0) is 42.0 Å². The molecule has 0 saturated heterocycles. The molecule has 0 spiro atoms. The number of alkyl halides is 3. The molecule has 27 heavy (non-hydrogen) atoms. The molecule has 0 amide bonds. The lowest BCUT2D eigenvalue weighted by Gasteiger charge is -2.10. The van der Waals surface area contributed by atoms with Crippen LogP contribution in [0.5, 0.6) is 17.2 Å². The zero-order valence-corrected chi connectivity index (χ0v) is 14.2. The van der Waals surface area contributed by atoms with Gasteiger partial charge in [0.2, 0.25) is 0 Å². The van der Waals surface area contributed by atoms with Crippen molar-refractivity contribution in [3.05, 3.63) is 90.0 Å². The Hall–Kier alpha value is -3.28. The number of nitrogens with zero attached hydrogens (tertiary/aromatic N) is 1. The Morgan fingerprint density at radius 1 is 0.815 bits per heavy atom. The third-order valence-corrected chi connectivity index (χ3v) is 3.53. The fourth-order valence-electron chi connectivity index (χ4n) is 2.39. The van der Waals surface area contributed by atoms with E-state index < -0.39 is 6.36 Å². The maximum absolute atomic E-state index is 12.5. The predicted molar refractivity (Wildman–Crippen MR) is 97.4 cm³/mol. The molecule has 3 aromatic rings. The molecule has 0 radical (unpaired) electrons. The SMILES string of the molecule is FC(F)(F)Oc1ccccc1C=NCc1cccc(Oc2ccccc2)c1. The van der Waals surface area contributed by atoms with Crippen molar-refractivity contribution in [1.82, 2.24) is 0 Å². The Balaban J connectivity index is 1.68. The van der Waals surface area contributed by atoms with Crippen LogP contribution in [0, 0.1) is 0 Å². The number of hydrogen-bond donors (Lipinski definition) is 0. The molecule has 0 atom stereocenters. The molecule has 0 aliphatic heterocycles. The van der Waals surface area contributed by atoms with Crippen LogP contribution in [0.1, 0.15) is 11.1 Å². The number of halogens is 3. The Morgan fingerprint density at radius 3 is 2.30 bits per heavy atom. The highest BCUT2D eigenvalue weighted by Gasteiger charge is 2.31. The molecular weight excluding hydrogens is 355 g/mol. The van der Waals surface area contributed by atoms with Crippen LogP contribution in [0.4, 0.5) is 13.2 Å². The molecule has 0 saturated carbocycles. The largest absolute Gasteiger partial charge is 0.573 e. The summed E-state index contributed by atoms with van der Waals surface area (Å²) in [6, 6.07) is 22.6. The van der Waals surface area contributed by atoms with E-state index in [4.69, 9.17) is 4.74 Å². The summed E-state index contributed by atoms with van der Waals surface area (Å²) in [6.07, 6.45) is -3.38. The summed E-state index contributed by atoms with van der Waals surface area (Å²) in [5, 5.41) is 0. The van der Waals surface area contributed by atoms with Crippen LogP contribution in [-0.2, 0) is 6.54 Å². The van der Waals surface area contributed by atoms with Crippen LogP contribution >= 0.6 is 0 Å². The minimum absolute atomic E-state index is 0.256. The second-order valence-corrected chi connectivity index (χ2v) is 5.62. The molecule has 0 unspecified atom stereocenters. The first kappa shape index (κ1) is 18.5. The van der Waals surface area contributed by atoms with Gasteiger partial charge in [0.25, 0.3) is 0 Å². The van der Waals surface area contributed by atoms with Crippen LogP contribution in [0.2, 0.25) is 0 Å². The maximum Gasteiger partial charge on any atom is 0.573 e. The topological polar surface area (TPSA) is 30.8 Å². The van der Waals surface area contributed by atoms with Gasteiger partial charge in [0.15, 0.2) is 0 Å². The monoisotopic (exact) mass is 371 g/mol. The third-order valence-electron chi connectivity index (χ3n) is 3.53. The molecule has 3 rings (SSSR count). The summed E-state index contributed by atoms with van der Waals surface area (Å²) in [7, 11) is 0. The lowest BCUT2D eigenvalue weighted by molar-refractivity contribution is -0.274. The zero-order chi connectivity index (χ0) is 19.1. The Kier molecular flexibility index (Phi) is 5.76. The average molecular weight is 371 g/mol. The standard InChI is InChI=1S/C21H16F3NO2/c22-21(23,24)27-20-12-5-4-8-17(20)15-25-14-16-7-6-11-19(13-16)26-18-9-2-1-3-10-18/h1-13,15H,14H2. The third kappa shape index (κ3) is 5.88. The van der Waals surface area contributed by atoms with Gasteiger partial charge in [0.05, 0.1) is 6.54 Å². The molecule has 3 aromatic carbocycles. The molecule has 0 aliphatic carbocycles. The van der Waals surface area contributed by atoms with Gasteiger partial charge < -0.3 is 9.47 Å². The summed E-state index contributed by atoms with van der Waals surface area (Å²) in [5.74, 6) is 1.10. The fourth-order valence-corrected chi connectivity index (χ4v) is 2.39. The summed E-state index contributed by atoms with van der Waals surface area (Å²) in [5.41, 5.74) is 1.13. The van der Waals surface area contributed by atoms with Crippen molar-refractivity contribution < 1.29 is 22.6 Å². The van der Waals surface area contributed by atoms with Crippen molar-refractivity contribution in [2.75, 3.05) is 0 Å². The van der Waals surface area contributed by atoms with Crippen LogP contribution in [0.3, 0.4) is 0 Å². The lowest BCUT2D eigenvalue weighted by atomic mass is 10.2. The smallest absolute Gasteiger partial charge is 0.457 e. The summed E-state index contributed by atoms with van der Waals surface area (Å²) < 4.78 is 47.1. The number of aliphatic imine (C=N–C) groups is 1. The number of hydrogen-bond acceptors (Lipinski definition) is 3. The van der Waals surface area contributed by atoms with Gasteiger partial charge in [0, 0.05) is 11.8 Å². The molecular formula is C21H16F3NO2. The Labute approximate surface area is 154 Å². The van der Waals surface area contributed by atoms with Gasteiger partial charge in [-0.1, -0.05) is 42.5 Å². The highest BCUT2D eigenvalue weighted by molar-refractivity contribution is 5.83. The molecule has 0 aromatic heterocycles. The molecule has 6 heteroatoms. The summed E-state index contributed by atoms with van der Waals surface area (Å²) >= 11 is 0. The van der Waals surface area contributed by atoms with Crippen LogP contribution in [-0.4, -0.2) is 12.6 Å². The van der Waals surface area contributed by atoms with E-state index in [-0.39, 0.29) is 11.3 Å². The number of ether oxygens (including phenoxy) is 2. The first-order chi connectivity index (χ1) is 13.0. The normalized spacial score (nSPS) is 11.5. The van der Waals surface area contributed by atoms with Gasteiger partial charge in [-0.15, -0.1) is 13.2 Å². The number of rotatable bonds is 6. The second-order valence-electron chi connectivity index (χ2n) is 5.62. The van der Waals surface area contributed by atoms with E-state index in [1.165, 1.54) is 24.4 Å². The van der Waals surface area contributed by atoms with Crippen LogP contribution in [0.25, 0.3) is 0 Å². The molecule has 0 aliphatic rings. The molecule has 0 fully saturated rings. The first-order valence-corrected chi connectivity index (χ1v) is 8.16. The van der Waals surface area contributed by atoms with E-state index >= 15 is 0 Å². The van der Waals surface area contributed by atoms with Gasteiger partial charge in [-0.25, -0.2) is 0 Å². The molecule has 0 N–H and O–H groups in total. The minimum Gasteiger partial charge on any atom is -0.457 e. The quantitative estimate of drug-likeness (QED) is 0.498. The van der Waals surface area contributed by atoms with Crippen molar-refractivity contribution in [3.8, 4) is 17.2 Å². The fraction of sp³-hybridized carbons (Fsp3) is 0.0952. The van der Waals surface area contributed by atoms with Crippen molar-refractivity contribution in [3.63, 3.8) is 0 Å². The van der Waals surface area contributed by atoms with Gasteiger partial charge in [-0.3, -0.25) is 4.99 Å². The van der Waals surface area contributed by atoms with Gasteiger partial charge in [0.1, 0.15) is 17.2 Å². The second kappa shape index (κ2) is 8.40. The minimum atomic E-state index is -4.74. The van der Waals surface area contributed by atoms with Crippen molar-refractivity contribution in [2.45, 2.75) is 12.9 Å². The van der Waals surface area contributed by atoms with E-state index in [0.717, 1.165) is 11.3 Å². The maximum atomic E-state index is 12.5. The van der Waals surface area contributed by atoms with E-state index in [1.54, 1.807) is 6.07 Å². The van der Waals surface area contributed by atoms with Crippen molar-refractivity contribution >= 4 is 6.21 Å². The van der Waals surface area contributed by atoms with E-state index in [2.05, 4.69) is 9.73 Å². The summed E-state index contributed by atoms with van der Waals surface area (Å²) in [6.45, 7) is 0.298. The van der Waals surface area contributed by atoms with Crippen LogP contribution in [0.15, 0.2) is 83.9 Å². The Bertz CT molecular complexity index is 909. The lowest BCUT2D eigenvalue weighted by Crippen LogP contribution is -2.18. The van der Waals surface area contributed by atoms with E-state index in [9.17, 15) is 13.2 Å². The van der Waals surface area contributed by atoms with Gasteiger partial charge in [-0.2, -0.15) is 0 Å². The molecule has 0 heterocycles. The van der Waals surface area contributed by atoms with Crippen molar-refractivity contribution in [1.29, 1.82) is 0 Å². The summed E-state index contributed by atoms with van der Waals surface area (Å²) in [4.78, 5) is 4.22. The van der Waals surface area contributed by atoms with Crippen LogP contribution < -0.4 is 9.47 Å². The van der Waals surface area contributed by atoms with E-state index in [0.29, 0.717) is 12.3 Å².